The van der Waals surface area contributed by atoms with Crippen molar-refractivity contribution in [3.63, 3.8) is 0 Å². The van der Waals surface area contributed by atoms with Crippen LogP contribution in [0.15, 0.2) is 84.7 Å². The summed E-state index contributed by atoms with van der Waals surface area (Å²) in [6.07, 6.45) is 5.81. The highest BCUT2D eigenvalue weighted by atomic mass is 16.6. The fourth-order valence-electron chi connectivity index (χ4n) is 9.33. The number of aliphatic hydroxyl groups is 1. The topological polar surface area (TPSA) is 236 Å². The number of rotatable bonds is 25. The molecule has 20 heteroatoms. The molecule has 3 amide bonds. The van der Waals surface area contributed by atoms with E-state index in [-0.39, 0.29) is 79.4 Å². The van der Waals surface area contributed by atoms with Gasteiger partial charge >= 0.3 is 12.1 Å². The van der Waals surface area contributed by atoms with Gasteiger partial charge in [0.05, 0.1) is 87.3 Å². The first-order valence-electron chi connectivity index (χ1n) is 25.2. The monoisotopic (exact) mass is 1040 g/mol. The number of carbonyl (C=O) groups is 6. The van der Waals surface area contributed by atoms with E-state index in [1.165, 1.54) is 30.2 Å². The summed E-state index contributed by atoms with van der Waals surface area (Å²) in [5.74, 6) is -1.18. The van der Waals surface area contributed by atoms with Gasteiger partial charge in [-0.15, -0.1) is 0 Å². The average Bonchev–Trinajstić information content (AvgIpc) is 3.94. The zero-order chi connectivity index (χ0) is 53.9. The third-order valence-electron chi connectivity index (χ3n) is 13.4. The third kappa shape index (κ3) is 13.1. The van der Waals surface area contributed by atoms with Crippen LogP contribution in [0.3, 0.4) is 0 Å². The summed E-state index contributed by atoms with van der Waals surface area (Å²) in [5, 5.41) is 24.5. The van der Waals surface area contributed by atoms with Crippen LogP contribution >= 0.6 is 0 Å². The summed E-state index contributed by atoms with van der Waals surface area (Å²) in [7, 11) is 3.01. The Hall–Kier alpha value is -7.42. The molecule has 0 aliphatic carbocycles. The lowest BCUT2D eigenvalue weighted by molar-refractivity contribution is -0.154. The SMILES string of the molecule is C=CCOC(=O)C(=O)[C@@H](NCC(=O)[C@H](C)NCNc1ccc(COC(=O)N2c3cc(OCCCCCOc4cc5c(cc4OC)C(=O)N4C=C(C)C[C@H]4CN5)c(OC)cc3C(=O)N3C=C(C)C[C@H]3[C@@H]2O)cc1)C(C)C. The molecule has 20 nitrogen and oxygen atoms in total. The minimum Gasteiger partial charge on any atom is -0.493 e. The van der Waals surface area contributed by atoms with Gasteiger partial charge in [0.1, 0.15) is 13.2 Å². The first kappa shape index (κ1) is 55.3. The number of aliphatic hydroxyl groups excluding tert-OH is 1. The van der Waals surface area contributed by atoms with Crippen molar-refractivity contribution in [2.45, 2.75) is 104 Å². The maximum absolute atomic E-state index is 14.1. The highest BCUT2D eigenvalue weighted by molar-refractivity contribution is 6.35. The van der Waals surface area contributed by atoms with E-state index in [1.54, 1.807) is 69.3 Å². The lowest BCUT2D eigenvalue weighted by atomic mass is 9.99. The maximum Gasteiger partial charge on any atom is 0.416 e. The van der Waals surface area contributed by atoms with E-state index >= 15 is 0 Å². The molecule has 4 heterocycles. The molecule has 0 aromatic heterocycles. The first-order chi connectivity index (χ1) is 36.0. The van der Waals surface area contributed by atoms with Crippen LogP contribution in [0.25, 0.3) is 0 Å². The number of nitrogens with zero attached hydrogens (tertiary/aromatic N) is 3. The number of carbonyl (C=O) groups excluding carboxylic acids is 6. The van der Waals surface area contributed by atoms with Crippen molar-refractivity contribution in [2.24, 2.45) is 5.92 Å². The van der Waals surface area contributed by atoms with Crippen LogP contribution < -0.4 is 45.1 Å². The Morgan fingerprint density at radius 3 is 2.12 bits per heavy atom. The molecule has 0 bridgehead atoms. The number of esters is 1. The molecule has 402 valence electrons. The summed E-state index contributed by atoms with van der Waals surface area (Å²) < 4.78 is 34.4. The van der Waals surface area contributed by atoms with Crippen molar-refractivity contribution in [3.8, 4) is 23.0 Å². The lowest BCUT2D eigenvalue weighted by Gasteiger charge is -2.31. The van der Waals surface area contributed by atoms with E-state index in [1.807, 2.05) is 26.1 Å². The minimum atomic E-state index is -1.47. The average molecular weight is 1040 g/mol. The van der Waals surface area contributed by atoms with E-state index in [9.17, 15) is 33.9 Å². The zero-order valence-corrected chi connectivity index (χ0v) is 43.7. The second kappa shape index (κ2) is 25.2. The molecule has 5 atom stereocenters. The number of ether oxygens (including phenoxy) is 6. The molecular formula is C55H69N7O13. The maximum atomic E-state index is 14.1. The number of ketones is 2. The number of fused-ring (bicyclic) bond motifs is 4. The van der Waals surface area contributed by atoms with Crippen LogP contribution in [0.1, 0.15) is 93.0 Å². The molecule has 4 aliphatic rings. The predicted molar refractivity (Wildman–Crippen MR) is 280 cm³/mol. The van der Waals surface area contributed by atoms with Gasteiger partial charge in [-0.1, -0.05) is 49.8 Å². The molecule has 0 saturated heterocycles. The van der Waals surface area contributed by atoms with Crippen LogP contribution in [0, 0.1) is 5.92 Å². The molecule has 75 heavy (non-hydrogen) atoms. The summed E-state index contributed by atoms with van der Waals surface area (Å²) in [6, 6.07) is 11.5. The van der Waals surface area contributed by atoms with Crippen LogP contribution in [0.2, 0.25) is 0 Å². The minimum absolute atomic E-state index is 0.0585. The van der Waals surface area contributed by atoms with Crippen molar-refractivity contribution < 1.29 is 62.3 Å². The van der Waals surface area contributed by atoms with E-state index in [4.69, 9.17) is 28.4 Å². The zero-order valence-electron chi connectivity index (χ0n) is 43.7. The molecule has 4 aliphatic heterocycles. The molecule has 0 saturated carbocycles. The highest BCUT2D eigenvalue weighted by Crippen LogP contribution is 2.42. The quantitative estimate of drug-likeness (QED) is 0.0206. The number of anilines is 3. The number of benzene rings is 3. The van der Waals surface area contributed by atoms with Gasteiger partial charge < -0.3 is 54.0 Å². The van der Waals surface area contributed by atoms with Crippen molar-refractivity contribution >= 4 is 52.5 Å². The lowest BCUT2D eigenvalue weighted by Crippen LogP contribution is -2.50. The summed E-state index contributed by atoms with van der Waals surface area (Å²) in [6.45, 7) is 13.7. The Labute approximate surface area is 437 Å². The largest absolute Gasteiger partial charge is 0.493 e. The Morgan fingerprint density at radius 2 is 1.45 bits per heavy atom. The summed E-state index contributed by atoms with van der Waals surface area (Å²) >= 11 is 0. The van der Waals surface area contributed by atoms with Gasteiger partial charge in [0, 0.05) is 36.8 Å². The van der Waals surface area contributed by atoms with Crippen molar-refractivity contribution in [3.05, 3.63) is 101 Å². The number of methoxy groups -OCH3 is 2. The van der Waals surface area contributed by atoms with Crippen molar-refractivity contribution in [1.29, 1.82) is 0 Å². The van der Waals surface area contributed by atoms with Crippen molar-refractivity contribution in [2.75, 3.05) is 69.3 Å². The fraction of sp³-hybridized carbons (Fsp3) is 0.455. The smallest absolute Gasteiger partial charge is 0.416 e. The standard InChI is InChI=1S/C55H69N7O13/c1-9-17-74-54(68)50(64)49(32(2)3)57-27-44(63)35(6)58-31-59-37-15-13-36(14-16-37)30-75-55(69)62-42-25-48(46(71-8)23-40(42)52(66)61-29-34(5)21-43(61)53(62)67)73-19-12-10-11-18-72-47-24-41-39(22-45(47)70-7)51(65)60-28-33(4)20-38(60)26-56-41/h9,13-16,22-25,28-29,32,35,38,43,49,53,56-59,67H,1,10-12,17-21,26-27,30-31H2,2-8H3/t35-,38-,43-,49-,53-/m0/s1. The summed E-state index contributed by atoms with van der Waals surface area (Å²) in [4.78, 5) is 83.6. The van der Waals surface area contributed by atoms with Gasteiger partial charge in [0.15, 0.2) is 35.0 Å². The molecule has 5 N–H and O–H groups in total. The van der Waals surface area contributed by atoms with Crippen molar-refractivity contribution in [1.82, 2.24) is 20.4 Å². The Bertz CT molecular complexity index is 2690. The number of hydrogen-bond donors (Lipinski definition) is 5. The Kier molecular flexibility index (Phi) is 18.6. The second-order valence-corrected chi connectivity index (χ2v) is 19.3. The van der Waals surface area contributed by atoms with Gasteiger partial charge in [-0.2, -0.15) is 0 Å². The van der Waals surface area contributed by atoms with E-state index in [0.717, 1.165) is 28.9 Å². The van der Waals surface area contributed by atoms with Crippen LogP contribution in [-0.2, 0) is 30.5 Å². The van der Waals surface area contributed by atoms with Crippen LogP contribution in [0.4, 0.5) is 21.9 Å². The molecule has 7 rings (SSSR count). The molecule has 0 unspecified atom stereocenters. The van der Waals surface area contributed by atoms with E-state index < -0.39 is 48.1 Å². The number of Topliss-reactive ketones (excluding diaryl/α,β-unsaturated/α-hetero) is 2. The number of hydrogen-bond acceptors (Lipinski definition) is 17. The molecule has 3 aromatic rings. The number of nitrogens with one attached hydrogen (secondary N) is 4. The van der Waals surface area contributed by atoms with Gasteiger partial charge in [0.2, 0.25) is 0 Å². The summed E-state index contributed by atoms with van der Waals surface area (Å²) in [5.41, 5.74) is 4.83. The van der Waals surface area contributed by atoms with Gasteiger partial charge in [0.25, 0.3) is 17.6 Å². The Morgan fingerprint density at radius 1 is 0.813 bits per heavy atom. The normalized spacial score (nSPS) is 18.4. The Balaban J connectivity index is 0.921. The molecule has 0 radical (unpaired) electrons. The highest BCUT2D eigenvalue weighted by Gasteiger charge is 2.45. The second-order valence-electron chi connectivity index (χ2n) is 19.3. The van der Waals surface area contributed by atoms with E-state index in [0.29, 0.717) is 66.4 Å². The van der Waals surface area contributed by atoms with Crippen LogP contribution in [0.5, 0.6) is 23.0 Å². The van der Waals surface area contributed by atoms with Crippen LogP contribution in [-0.4, -0.2) is 135 Å². The molecule has 3 aromatic carbocycles. The van der Waals surface area contributed by atoms with Gasteiger partial charge in [-0.05, 0) is 88.6 Å². The van der Waals surface area contributed by atoms with Gasteiger partial charge in [-0.25, -0.2) is 14.5 Å². The third-order valence-corrected chi connectivity index (χ3v) is 13.4. The van der Waals surface area contributed by atoms with E-state index in [2.05, 4.69) is 27.8 Å². The number of unbranched alkanes of at least 4 members (excludes halogenated alkanes) is 2. The molecular weight excluding hydrogens is 967 g/mol. The first-order valence-corrected chi connectivity index (χ1v) is 25.2. The van der Waals surface area contributed by atoms with Gasteiger partial charge in [-0.3, -0.25) is 29.8 Å². The number of amides is 3. The molecule has 0 spiro atoms. The predicted octanol–water partition coefficient (Wildman–Crippen LogP) is 6.30. The molecule has 0 fully saturated rings. The fourth-order valence-corrected chi connectivity index (χ4v) is 9.33.